The van der Waals surface area contributed by atoms with E-state index in [0.717, 1.165) is 17.4 Å². The Morgan fingerprint density at radius 1 is 1.17 bits per heavy atom. The zero-order valence-electron chi connectivity index (χ0n) is 18.2. The van der Waals surface area contributed by atoms with Crippen LogP contribution in [0.1, 0.15) is 27.7 Å². The first-order valence-corrected chi connectivity index (χ1v) is 11.1. The van der Waals surface area contributed by atoms with Crippen molar-refractivity contribution < 1.29 is 32.7 Å². The maximum atomic E-state index is 14.4. The smallest absolute Gasteiger partial charge is 0.357 e. The van der Waals surface area contributed by atoms with E-state index in [9.17, 15) is 28.0 Å². The fourth-order valence-corrected chi connectivity index (χ4v) is 4.28. The van der Waals surface area contributed by atoms with Crippen molar-refractivity contribution in [1.29, 1.82) is 0 Å². The minimum atomic E-state index is -1.50. The number of rotatable bonds is 7. The molecule has 35 heavy (non-hydrogen) atoms. The Morgan fingerprint density at radius 3 is 2.63 bits per heavy atom. The van der Waals surface area contributed by atoms with Crippen molar-refractivity contribution in [2.45, 2.75) is 18.5 Å². The molecule has 3 aromatic rings. The number of amides is 4. The van der Waals surface area contributed by atoms with E-state index >= 15 is 0 Å². The third-order valence-electron chi connectivity index (χ3n) is 5.28. The highest BCUT2D eigenvalue weighted by Gasteiger charge is 2.46. The van der Waals surface area contributed by atoms with Gasteiger partial charge in [-0.05, 0) is 11.6 Å². The van der Waals surface area contributed by atoms with Gasteiger partial charge in [-0.15, -0.1) is 11.3 Å². The summed E-state index contributed by atoms with van der Waals surface area (Å²) in [6.07, 6.45) is -0.0561. The number of benzene rings is 2. The lowest BCUT2D eigenvalue weighted by molar-refractivity contribution is -0.134. The Bertz CT molecular complexity index is 1300. The molecule has 1 aromatic heterocycles. The van der Waals surface area contributed by atoms with E-state index in [-0.39, 0.29) is 22.8 Å². The summed E-state index contributed by atoms with van der Waals surface area (Å²) in [6, 6.07) is 8.13. The van der Waals surface area contributed by atoms with Gasteiger partial charge >= 0.3 is 12.0 Å². The quantitative estimate of drug-likeness (QED) is 0.380. The minimum absolute atomic E-state index is 0.0240. The molecule has 2 atom stereocenters. The van der Waals surface area contributed by atoms with Gasteiger partial charge in [0.15, 0.2) is 22.5 Å². The first-order chi connectivity index (χ1) is 16.8. The standard InChI is InChI=1S/C23H18F2N4O5S/c1-34-21(32)15-11-35-22(26-15)28-19(30)16(10-12-6-3-2-4-7-12)29-20(31)18(27-23(29)33)13-8-5-9-14(24)17(13)25/h2-9,11,16,18H,10H2,1H3,(H,27,33)(H,26,28,30). The van der Waals surface area contributed by atoms with Gasteiger partial charge in [0.1, 0.15) is 12.1 Å². The highest BCUT2D eigenvalue weighted by molar-refractivity contribution is 7.14. The van der Waals surface area contributed by atoms with Gasteiger partial charge in [-0.1, -0.05) is 42.5 Å². The van der Waals surface area contributed by atoms with Gasteiger partial charge in [-0.2, -0.15) is 0 Å². The molecule has 9 nitrogen and oxygen atoms in total. The predicted octanol–water partition coefficient (Wildman–Crippen LogP) is 3.05. The molecule has 0 saturated carbocycles. The number of imide groups is 1. The number of esters is 1. The Kier molecular flexibility index (Phi) is 6.82. The van der Waals surface area contributed by atoms with Gasteiger partial charge in [-0.25, -0.2) is 28.3 Å². The zero-order valence-corrected chi connectivity index (χ0v) is 19.0. The second-order valence-corrected chi connectivity index (χ2v) is 8.32. The maximum Gasteiger partial charge on any atom is 0.357 e. The molecule has 0 spiro atoms. The lowest BCUT2D eigenvalue weighted by Crippen LogP contribution is -2.49. The summed E-state index contributed by atoms with van der Waals surface area (Å²) in [4.78, 5) is 55.6. The molecule has 1 aliphatic heterocycles. The molecule has 2 N–H and O–H groups in total. The predicted molar refractivity (Wildman–Crippen MR) is 120 cm³/mol. The average molecular weight is 500 g/mol. The van der Waals surface area contributed by atoms with Crippen LogP contribution in [-0.4, -0.2) is 46.9 Å². The molecule has 2 aromatic carbocycles. The van der Waals surface area contributed by atoms with Crippen molar-refractivity contribution >= 4 is 40.3 Å². The zero-order chi connectivity index (χ0) is 25.1. The van der Waals surface area contributed by atoms with Crippen molar-refractivity contribution in [1.82, 2.24) is 15.2 Å². The number of ether oxygens (including phenoxy) is 1. The molecule has 4 amide bonds. The van der Waals surface area contributed by atoms with Crippen LogP contribution in [0, 0.1) is 11.6 Å². The first-order valence-electron chi connectivity index (χ1n) is 10.3. The normalized spacial score (nSPS) is 16.1. The summed E-state index contributed by atoms with van der Waals surface area (Å²) in [5.41, 5.74) is 0.263. The molecule has 0 radical (unpaired) electrons. The molecule has 1 aliphatic rings. The molecule has 0 bridgehead atoms. The number of hydrogen-bond acceptors (Lipinski definition) is 7. The SMILES string of the molecule is COC(=O)c1csc(NC(=O)C(Cc2ccccc2)N2C(=O)NC(c3cccc(F)c3F)C2=O)n1. The Balaban J connectivity index is 1.64. The van der Waals surface area contributed by atoms with E-state index in [2.05, 4.69) is 20.4 Å². The van der Waals surface area contributed by atoms with E-state index < -0.39 is 47.5 Å². The van der Waals surface area contributed by atoms with Crippen LogP contribution in [0.5, 0.6) is 0 Å². The van der Waals surface area contributed by atoms with Crippen LogP contribution >= 0.6 is 11.3 Å². The van der Waals surface area contributed by atoms with Crippen molar-refractivity contribution in [2.24, 2.45) is 0 Å². The van der Waals surface area contributed by atoms with Crippen LogP contribution < -0.4 is 10.6 Å². The van der Waals surface area contributed by atoms with Gasteiger partial charge < -0.3 is 15.4 Å². The number of halogens is 2. The van der Waals surface area contributed by atoms with Gasteiger partial charge in [0.25, 0.3) is 5.91 Å². The topological polar surface area (TPSA) is 118 Å². The molecular formula is C23H18F2N4O5S. The maximum absolute atomic E-state index is 14.4. The van der Waals surface area contributed by atoms with Crippen LogP contribution in [0.4, 0.5) is 18.7 Å². The molecule has 1 fully saturated rings. The second kappa shape index (κ2) is 9.97. The number of thiazole rings is 1. The van der Waals surface area contributed by atoms with E-state index in [4.69, 9.17) is 0 Å². The largest absolute Gasteiger partial charge is 0.464 e. The van der Waals surface area contributed by atoms with Gasteiger partial charge in [0.2, 0.25) is 5.91 Å². The number of nitrogens with zero attached hydrogens (tertiary/aromatic N) is 2. The third kappa shape index (κ3) is 4.87. The fraction of sp³-hybridized carbons (Fsp3) is 0.174. The average Bonchev–Trinajstić information content (AvgIpc) is 3.43. The van der Waals surface area contributed by atoms with Gasteiger partial charge in [0.05, 0.1) is 7.11 Å². The number of urea groups is 1. The van der Waals surface area contributed by atoms with E-state index in [0.29, 0.717) is 10.5 Å². The molecule has 0 aliphatic carbocycles. The molecule has 4 rings (SSSR count). The molecule has 12 heteroatoms. The Hall–Kier alpha value is -4.19. The molecule has 2 unspecified atom stereocenters. The van der Waals surface area contributed by atoms with Crippen LogP contribution in [0.3, 0.4) is 0 Å². The highest BCUT2D eigenvalue weighted by atomic mass is 32.1. The summed E-state index contributed by atoms with van der Waals surface area (Å²) in [6.45, 7) is 0. The molecule has 180 valence electrons. The third-order valence-corrected chi connectivity index (χ3v) is 6.04. The molecular weight excluding hydrogens is 482 g/mol. The summed E-state index contributed by atoms with van der Waals surface area (Å²) >= 11 is 0.951. The number of methoxy groups -OCH3 is 1. The van der Waals surface area contributed by atoms with Gasteiger partial charge in [0, 0.05) is 17.4 Å². The number of nitrogens with one attached hydrogen (secondary N) is 2. The summed E-state index contributed by atoms with van der Waals surface area (Å²) in [5, 5.41) is 6.26. The summed E-state index contributed by atoms with van der Waals surface area (Å²) in [5.74, 6) is -4.81. The van der Waals surface area contributed by atoms with Crippen LogP contribution in [0.15, 0.2) is 53.9 Å². The van der Waals surface area contributed by atoms with Crippen LogP contribution in [-0.2, 0) is 20.7 Å². The van der Waals surface area contributed by atoms with E-state index in [1.807, 2.05) is 0 Å². The number of carbonyl (C=O) groups is 4. The highest BCUT2D eigenvalue weighted by Crippen LogP contribution is 2.28. The fourth-order valence-electron chi connectivity index (χ4n) is 3.60. The van der Waals surface area contributed by atoms with Gasteiger partial charge in [-0.3, -0.25) is 9.59 Å². The monoisotopic (exact) mass is 500 g/mol. The lowest BCUT2D eigenvalue weighted by atomic mass is 10.0. The summed E-state index contributed by atoms with van der Waals surface area (Å²) < 4.78 is 32.7. The lowest BCUT2D eigenvalue weighted by Gasteiger charge is -2.24. The number of carbonyl (C=O) groups excluding carboxylic acids is 4. The van der Waals surface area contributed by atoms with Crippen molar-refractivity contribution in [3.05, 3.63) is 82.4 Å². The van der Waals surface area contributed by atoms with E-state index in [1.165, 1.54) is 24.6 Å². The number of aromatic nitrogens is 1. The first kappa shape index (κ1) is 24.0. The van der Waals surface area contributed by atoms with E-state index in [1.54, 1.807) is 30.3 Å². The Morgan fingerprint density at radius 2 is 1.91 bits per heavy atom. The number of hydrogen-bond donors (Lipinski definition) is 2. The molecule has 1 saturated heterocycles. The van der Waals surface area contributed by atoms with Crippen molar-refractivity contribution in [2.75, 3.05) is 12.4 Å². The summed E-state index contributed by atoms with van der Waals surface area (Å²) in [7, 11) is 1.19. The van der Waals surface area contributed by atoms with Crippen molar-refractivity contribution in [3.63, 3.8) is 0 Å². The van der Waals surface area contributed by atoms with Crippen LogP contribution in [0.25, 0.3) is 0 Å². The van der Waals surface area contributed by atoms with Crippen molar-refractivity contribution in [3.8, 4) is 0 Å². The Labute approximate surface area is 201 Å². The molecule has 2 heterocycles. The number of anilines is 1. The minimum Gasteiger partial charge on any atom is -0.464 e. The second-order valence-electron chi connectivity index (χ2n) is 7.46. The van der Waals surface area contributed by atoms with Crippen LogP contribution in [0.2, 0.25) is 0 Å².